The number of alkyl halides is 1. The van der Waals surface area contributed by atoms with Gasteiger partial charge in [0.25, 0.3) is 0 Å². The second kappa shape index (κ2) is 6.53. The highest BCUT2D eigenvalue weighted by Crippen LogP contribution is 2.23. The minimum absolute atomic E-state index is 0.207. The van der Waals surface area contributed by atoms with Crippen LogP contribution in [-0.2, 0) is 6.42 Å². The van der Waals surface area contributed by atoms with Crippen LogP contribution in [0.4, 0.5) is 4.39 Å². The van der Waals surface area contributed by atoms with Gasteiger partial charge in [0.05, 0.1) is 0 Å². The molecule has 2 rings (SSSR count). The first-order valence-electron chi connectivity index (χ1n) is 5.75. The van der Waals surface area contributed by atoms with E-state index in [4.69, 9.17) is 11.6 Å². The van der Waals surface area contributed by atoms with E-state index < -0.39 is 0 Å². The Morgan fingerprint density at radius 2 is 1.61 bits per heavy atom. The van der Waals surface area contributed by atoms with Gasteiger partial charge < -0.3 is 0 Å². The van der Waals surface area contributed by atoms with Crippen LogP contribution in [-0.4, -0.2) is 5.88 Å². The second-order valence-corrected chi connectivity index (χ2v) is 5.79. The van der Waals surface area contributed by atoms with Crippen molar-refractivity contribution in [3.05, 3.63) is 69.0 Å². The van der Waals surface area contributed by atoms with Gasteiger partial charge in [0.1, 0.15) is 5.82 Å². The van der Waals surface area contributed by atoms with Gasteiger partial charge in [-0.25, -0.2) is 4.39 Å². The lowest BCUT2D eigenvalue weighted by atomic mass is 9.94. The van der Waals surface area contributed by atoms with Crippen molar-refractivity contribution >= 4 is 34.2 Å². The molecule has 0 aliphatic carbocycles. The normalized spacial score (nSPS) is 12.4. The van der Waals surface area contributed by atoms with E-state index in [-0.39, 0.29) is 11.7 Å². The molecule has 1 atom stereocenters. The van der Waals surface area contributed by atoms with Crippen molar-refractivity contribution < 1.29 is 4.39 Å². The smallest absolute Gasteiger partial charge is 0.123 e. The lowest BCUT2D eigenvalue weighted by Gasteiger charge is -2.14. The molecular formula is C15H13ClFI. The van der Waals surface area contributed by atoms with E-state index in [0.717, 1.165) is 12.0 Å². The van der Waals surface area contributed by atoms with Crippen LogP contribution in [0.1, 0.15) is 17.0 Å². The van der Waals surface area contributed by atoms with Crippen molar-refractivity contribution in [2.75, 3.05) is 5.88 Å². The summed E-state index contributed by atoms with van der Waals surface area (Å²) in [4.78, 5) is 0. The molecule has 94 valence electrons. The first-order chi connectivity index (χ1) is 8.69. The van der Waals surface area contributed by atoms with Crippen LogP contribution in [0.3, 0.4) is 0 Å². The number of halogens is 3. The largest absolute Gasteiger partial charge is 0.207 e. The van der Waals surface area contributed by atoms with Gasteiger partial charge in [-0.1, -0.05) is 24.3 Å². The fourth-order valence-electron chi connectivity index (χ4n) is 1.90. The monoisotopic (exact) mass is 374 g/mol. The van der Waals surface area contributed by atoms with E-state index in [1.807, 2.05) is 12.1 Å². The molecule has 0 fully saturated rings. The van der Waals surface area contributed by atoms with Crippen LogP contribution >= 0.6 is 34.2 Å². The molecule has 0 aromatic heterocycles. The second-order valence-electron chi connectivity index (χ2n) is 4.23. The summed E-state index contributed by atoms with van der Waals surface area (Å²) in [6, 6.07) is 15.0. The Morgan fingerprint density at radius 3 is 2.17 bits per heavy atom. The minimum atomic E-state index is -0.207. The van der Waals surface area contributed by atoms with E-state index in [2.05, 4.69) is 46.9 Å². The van der Waals surface area contributed by atoms with Gasteiger partial charge in [-0.15, -0.1) is 11.6 Å². The van der Waals surface area contributed by atoms with Crippen LogP contribution in [0.5, 0.6) is 0 Å². The van der Waals surface area contributed by atoms with Crippen molar-refractivity contribution in [1.29, 1.82) is 0 Å². The Kier molecular flexibility index (Phi) is 5.01. The highest BCUT2D eigenvalue weighted by Gasteiger charge is 2.11. The Bertz CT molecular complexity index is 493. The lowest BCUT2D eigenvalue weighted by molar-refractivity contribution is 0.625. The van der Waals surface area contributed by atoms with E-state index in [1.54, 1.807) is 0 Å². The third kappa shape index (κ3) is 3.69. The van der Waals surface area contributed by atoms with Gasteiger partial charge in [0.2, 0.25) is 0 Å². The summed E-state index contributed by atoms with van der Waals surface area (Å²) in [5.74, 6) is 0.561. The van der Waals surface area contributed by atoms with Gasteiger partial charge in [-0.05, 0) is 64.4 Å². The summed E-state index contributed by atoms with van der Waals surface area (Å²) < 4.78 is 14.1. The number of hydrogen-bond donors (Lipinski definition) is 0. The molecule has 0 saturated carbocycles. The van der Waals surface area contributed by atoms with Crippen LogP contribution in [0.2, 0.25) is 0 Å². The maximum absolute atomic E-state index is 12.9. The molecule has 0 amide bonds. The van der Waals surface area contributed by atoms with Crippen molar-refractivity contribution in [2.24, 2.45) is 0 Å². The third-order valence-corrected chi connectivity index (χ3v) is 4.01. The lowest BCUT2D eigenvalue weighted by Crippen LogP contribution is -2.04. The van der Waals surface area contributed by atoms with Crippen molar-refractivity contribution in [1.82, 2.24) is 0 Å². The standard InChI is InChI=1S/C15H13ClFI/c16-10-13(12-3-5-14(17)6-4-12)9-11-1-7-15(18)8-2-11/h1-8,13H,9-10H2. The molecule has 0 N–H and O–H groups in total. The maximum atomic E-state index is 12.9. The molecule has 1 unspecified atom stereocenters. The van der Waals surface area contributed by atoms with Gasteiger partial charge in [0.15, 0.2) is 0 Å². The SMILES string of the molecule is Fc1ccc(C(CCl)Cc2ccc(I)cc2)cc1. The number of hydrogen-bond acceptors (Lipinski definition) is 0. The highest BCUT2D eigenvalue weighted by molar-refractivity contribution is 14.1. The van der Waals surface area contributed by atoms with E-state index in [1.165, 1.54) is 21.3 Å². The quantitative estimate of drug-likeness (QED) is 0.522. The van der Waals surface area contributed by atoms with Gasteiger partial charge >= 0.3 is 0 Å². The molecule has 3 heteroatoms. The average Bonchev–Trinajstić information content (AvgIpc) is 2.39. The van der Waals surface area contributed by atoms with E-state index in [0.29, 0.717) is 5.88 Å². The summed E-state index contributed by atoms with van der Waals surface area (Å²) in [6.07, 6.45) is 0.881. The van der Waals surface area contributed by atoms with E-state index >= 15 is 0 Å². The van der Waals surface area contributed by atoms with Crippen LogP contribution in [0.15, 0.2) is 48.5 Å². The number of benzene rings is 2. The van der Waals surface area contributed by atoms with Crippen molar-refractivity contribution in [3.8, 4) is 0 Å². The first kappa shape index (κ1) is 13.8. The van der Waals surface area contributed by atoms with Gasteiger partial charge in [-0.2, -0.15) is 0 Å². The number of rotatable bonds is 4. The van der Waals surface area contributed by atoms with E-state index in [9.17, 15) is 4.39 Å². The Hall–Kier alpha value is -0.610. The van der Waals surface area contributed by atoms with Gasteiger partial charge in [0, 0.05) is 15.4 Å². The van der Waals surface area contributed by atoms with Gasteiger partial charge in [-0.3, -0.25) is 0 Å². The fourth-order valence-corrected chi connectivity index (χ4v) is 2.55. The highest BCUT2D eigenvalue weighted by atomic mass is 127. The Balaban J connectivity index is 2.14. The summed E-state index contributed by atoms with van der Waals surface area (Å²) in [6.45, 7) is 0. The molecule has 0 spiro atoms. The molecule has 0 saturated heterocycles. The molecule has 0 aliphatic heterocycles. The Labute approximate surface area is 125 Å². The molecular weight excluding hydrogens is 362 g/mol. The predicted molar refractivity (Wildman–Crippen MR) is 82.7 cm³/mol. The summed E-state index contributed by atoms with van der Waals surface area (Å²) in [5.41, 5.74) is 2.34. The zero-order valence-corrected chi connectivity index (χ0v) is 12.7. The minimum Gasteiger partial charge on any atom is -0.207 e. The molecule has 18 heavy (non-hydrogen) atoms. The Morgan fingerprint density at radius 1 is 1.00 bits per heavy atom. The predicted octanol–water partition coefficient (Wildman–Crippen LogP) is 5.00. The summed E-state index contributed by atoms with van der Waals surface area (Å²) in [7, 11) is 0. The fraction of sp³-hybridized carbons (Fsp3) is 0.200. The third-order valence-electron chi connectivity index (χ3n) is 2.92. The van der Waals surface area contributed by atoms with Crippen LogP contribution in [0.25, 0.3) is 0 Å². The van der Waals surface area contributed by atoms with Crippen molar-refractivity contribution in [3.63, 3.8) is 0 Å². The van der Waals surface area contributed by atoms with Crippen LogP contribution in [0, 0.1) is 9.39 Å². The maximum Gasteiger partial charge on any atom is 0.123 e. The zero-order valence-electron chi connectivity index (χ0n) is 9.74. The molecule has 2 aromatic carbocycles. The molecule has 0 radical (unpaired) electrons. The topological polar surface area (TPSA) is 0 Å². The summed E-state index contributed by atoms with van der Waals surface area (Å²) in [5, 5.41) is 0. The molecule has 0 nitrogen and oxygen atoms in total. The first-order valence-corrected chi connectivity index (χ1v) is 7.36. The zero-order chi connectivity index (χ0) is 13.0. The average molecular weight is 375 g/mol. The van der Waals surface area contributed by atoms with Crippen LogP contribution < -0.4 is 0 Å². The van der Waals surface area contributed by atoms with Crippen molar-refractivity contribution in [2.45, 2.75) is 12.3 Å². The molecule has 0 aliphatic rings. The summed E-state index contributed by atoms with van der Waals surface area (Å²) >= 11 is 8.31. The molecule has 0 heterocycles. The molecule has 0 bridgehead atoms. The molecule has 2 aromatic rings.